The van der Waals surface area contributed by atoms with E-state index in [1.54, 1.807) is 0 Å². The van der Waals surface area contributed by atoms with Gasteiger partial charge >= 0.3 is 0 Å². The first-order valence-corrected chi connectivity index (χ1v) is 8.21. The number of hydrogen-bond donors (Lipinski definition) is 0. The number of aromatic nitrogens is 2. The summed E-state index contributed by atoms with van der Waals surface area (Å²) in [7, 11) is 3.75. The zero-order valence-electron chi connectivity index (χ0n) is 12.9. The number of hydrogen-bond acceptors (Lipinski definition) is 4. The maximum absolute atomic E-state index is 12.8. The number of benzene rings is 1. The minimum atomic E-state index is -0.178. The summed E-state index contributed by atoms with van der Waals surface area (Å²) in [5.41, 5.74) is 1.61. The van der Waals surface area contributed by atoms with Crippen LogP contribution >= 0.6 is 22.9 Å². The van der Waals surface area contributed by atoms with Crippen LogP contribution in [0, 0.1) is 0 Å². The second-order valence-corrected chi connectivity index (χ2v) is 6.57. The summed E-state index contributed by atoms with van der Waals surface area (Å²) < 4.78 is 1.28. The SMILES string of the molecule is CC(=Nn1cnc2scc(-c3ccc(Cl)cc3)c2c1=O)N(C)C. The first-order valence-electron chi connectivity index (χ1n) is 6.95. The van der Waals surface area contributed by atoms with Crippen molar-refractivity contribution in [2.24, 2.45) is 5.10 Å². The molecule has 0 N–H and O–H groups in total. The molecule has 0 radical (unpaired) electrons. The Kier molecular flexibility index (Phi) is 4.19. The van der Waals surface area contributed by atoms with Crippen molar-refractivity contribution in [1.82, 2.24) is 14.6 Å². The van der Waals surface area contributed by atoms with E-state index in [2.05, 4.69) is 10.1 Å². The van der Waals surface area contributed by atoms with Gasteiger partial charge in [0.25, 0.3) is 5.56 Å². The number of amidine groups is 1. The molecule has 0 aliphatic heterocycles. The molecule has 2 aromatic heterocycles. The Morgan fingerprint density at radius 3 is 2.65 bits per heavy atom. The monoisotopic (exact) mass is 346 g/mol. The van der Waals surface area contributed by atoms with Crippen LogP contribution in [-0.2, 0) is 0 Å². The lowest BCUT2D eigenvalue weighted by Crippen LogP contribution is -2.24. The Labute approximate surface area is 142 Å². The van der Waals surface area contributed by atoms with Crippen molar-refractivity contribution in [2.75, 3.05) is 14.1 Å². The molecular formula is C16H15ClN4OS. The third-order valence-electron chi connectivity index (χ3n) is 3.53. The van der Waals surface area contributed by atoms with Crippen molar-refractivity contribution < 1.29 is 0 Å². The summed E-state index contributed by atoms with van der Waals surface area (Å²) in [6.45, 7) is 1.84. The van der Waals surface area contributed by atoms with Crippen molar-refractivity contribution in [3.05, 3.63) is 51.3 Å². The molecule has 2 heterocycles. The van der Waals surface area contributed by atoms with E-state index in [0.717, 1.165) is 17.0 Å². The number of rotatable bonds is 2. The van der Waals surface area contributed by atoms with Crippen LogP contribution in [0.2, 0.25) is 5.02 Å². The Morgan fingerprint density at radius 2 is 2.00 bits per heavy atom. The van der Waals surface area contributed by atoms with Crippen LogP contribution in [-0.4, -0.2) is 34.5 Å². The highest BCUT2D eigenvalue weighted by Gasteiger charge is 2.13. The molecule has 5 nitrogen and oxygen atoms in total. The van der Waals surface area contributed by atoms with Crippen molar-refractivity contribution in [1.29, 1.82) is 0 Å². The fourth-order valence-electron chi connectivity index (χ4n) is 2.08. The summed E-state index contributed by atoms with van der Waals surface area (Å²) in [5, 5.41) is 7.48. The normalized spacial score (nSPS) is 11.9. The second kappa shape index (κ2) is 6.14. The lowest BCUT2D eigenvalue weighted by molar-refractivity contribution is 0.603. The Bertz CT molecular complexity index is 941. The fourth-order valence-corrected chi connectivity index (χ4v) is 3.11. The van der Waals surface area contributed by atoms with E-state index in [1.807, 2.05) is 55.6 Å². The number of halogens is 1. The number of fused-ring (bicyclic) bond motifs is 1. The third kappa shape index (κ3) is 3.00. The highest BCUT2D eigenvalue weighted by atomic mass is 35.5. The van der Waals surface area contributed by atoms with Gasteiger partial charge in [0, 0.05) is 30.1 Å². The van der Waals surface area contributed by atoms with E-state index in [9.17, 15) is 4.79 Å². The Hall–Kier alpha value is -2.18. The maximum atomic E-state index is 12.8. The van der Waals surface area contributed by atoms with Gasteiger partial charge in [0.2, 0.25) is 0 Å². The van der Waals surface area contributed by atoms with Crippen molar-refractivity contribution in [2.45, 2.75) is 6.92 Å². The van der Waals surface area contributed by atoms with Crippen LogP contribution in [0.25, 0.3) is 21.3 Å². The van der Waals surface area contributed by atoms with Gasteiger partial charge in [-0.25, -0.2) is 4.98 Å². The van der Waals surface area contributed by atoms with Crippen LogP contribution in [0.5, 0.6) is 0 Å². The standard InChI is InChI=1S/C16H15ClN4OS/c1-10(20(2)3)19-21-9-18-15-14(16(21)22)13(8-23-15)11-4-6-12(17)7-5-11/h4-9H,1-3H3. The average molecular weight is 347 g/mol. The first-order chi connectivity index (χ1) is 11.0. The van der Waals surface area contributed by atoms with Gasteiger partial charge in [0.05, 0.1) is 5.39 Å². The van der Waals surface area contributed by atoms with Crippen molar-refractivity contribution in [3.63, 3.8) is 0 Å². The molecule has 7 heteroatoms. The molecule has 0 bridgehead atoms. The zero-order chi connectivity index (χ0) is 16.6. The minimum absolute atomic E-state index is 0.178. The number of thiophene rings is 1. The van der Waals surface area contributed by atoms with Crippen molar-refractivity contribution in [3.8, 4) is 11.1 Å². The summed E-state index contributed by atoms with van der Waals surface area (Å²) in [5.74, 6) is 0.719. The van der Waals surface area contributed by atoms with Crippen LogP contribution < -0.4 is 5.56 Å². The Balaban J connectivity index is 2.21. The van der Waals surface area contributed by atoms with Crippen LogP contribution in [0.15, 0.2) is 45.9 Å². The predicted molar refractivity (Wildman–Crippen MR) is 96.5 cm³/mol. The van der Waals surface area contributed by atoms with Gasteiger partial charge < -0.3 is 4.90 Å². The lowest BCUT2D eigenvalue weighted by atomic mass is 10.1. The largest absolute Gasteiger partial charge is 0.365 e. The fraction of sp³-hybridized carbons (Fsp3) is 0.188. The summed E-state index contributed by atoms with van der Waals surface area (Å²) >= 11 is 7.38. The van der Waals surface area contributed by atoms with Gasteiger partial charge in [0.1, 0.15) is 17.0 Å². The summed E-state index contributed by atoms with van der Waals surface area (Å²) in [6.07, 6.45) is 1.46. The molecule has 1 aromatic carbocycles. The number of nitrogens with zero attached hydrogens (tertiary/aromatic N) is 4. The maximum Gasteiger partial charge on any atom is 0.283 e. The lowest BCUT2D eigenvalue weighted by Gasteiger charge is -2.11. The predicted octanol–water partition coefficient (Wildman–Crippen LogP) is 3.52. The van der Waals surface area contributed by atoms with Gasteiger partial charge in [0.15, 0.2) is 0 Å². The third-order valence-corrected chi connectivity index (χ3v) is 4.67. The van der Waals surface area contributed by atoms with E-state index >= 15 is 0 Å². The molecule has 3 rings (SSSR count). The highest BCUT2D eigenvalue weighted by molar-refractivity contribution is 7.17. The Morgan fingerprint density at radius 1 is 1.30 bits per heavy atom. The molecule has 23 heavy (non-hydrogen) atoms. The summed E-state index contributed by atoms with van der Waals surface area (Å²) in [4.78, 5) is 19.7. The van der Waals surface area contributed by atoms with Crippen LogP contribution in [0.1, 0.15) is 6.92 Å². The highest BCUT2D eigenvalue weighted by Crippen LogP contribution is 2.31. The molecule has 0 fully saturated rings. The summed E-state index contributed by atoms with van der Waals surface area (Å²) in [6, 6.07) is 7.41. The van der Waals surface area contributed by atoms with Crippen molar-refractivity contribution >= 4 is 39.0 Å². The zero-order valence-corrected chi connectivity index (χ0v) is 14.5. The van der Waals surface area contributed by atoms with E-state index in [4.69, 9.17) is 11.6 Å². The molecule has 0 aliphatic rings. The minimum Gasteiger partial charge on any atom is -0.365 e. The molecule has 0 saturated heterocycles. The molecule has 0 unspecified atom stereocenters. The second-order valence-electron chi connectivity index (χ2n) is 5.27. The van der Waals surface area contributed by atoms with Gasteiger partial charge in [-0.1, -0.05) is 23.7 Å². The topological polar surface area (TPSA) is 50.5 Å². The average Bonchev–Trinajstić information content (AvgIpc) is 2.95. The molecule has 0 amide bonds. The van der Waals surface area contributed by atoms with Crippen LogP contribution in [0.4, 0.5) is 0 Å². The molecular weight excluding hydrogens is 332 g/mol. The first kappa shape index (κ1) is 15.7. The molecule has 0 spiro atoms. The van der Waals surface area contributed by atoms with Crippen LogP contribution in [0.3, 0.4) is 0 Å². The molecule has 0 atom stereocenters. The van der Waals surface area contributed by atoms with Gasteiger partial charge in [-0.2, -0.15) is 9.78 Å². The smallest absolute Gasteiger partial charge is 0.283 e. The molecule has 118 valence electrons. The van der Waals surface area contributed by atoms with E-state index in [1.165, 1.54) is 22.3 Å². The van der Waals surface area contributed by atoms with E-state index in [-0.39, 0.29) is 5.56 Å². The van der Waals surface area contributed by atoms with Gasteiger partial charge in [-0.3, -0.25) is 4.79 Å². The molecule has 0 saturated carbocycles. The quantitative estimate of drug-likeness (QED) is 0.527. The van der Waals surface area contributed by atoms with Gasteiger partial charge in [-0.15, -0.1) is 11.3 Å². The molecule has 3 aromatic rings. The van der Waals surface area contributed by atoms with E-state index < -0.39 is 0 Å². The van der Waals surface area contributed by atoms with E-state index in [0.29, 0.717) is 15.2 Å². The van der Waals surface area contributed by atoms with Gasteiger partial charge in [-0.05, 0) is 24.6 Å². The molecule has 0 aliphatic carbocycles.